The van der Waals surface area contributed by atoms with Crippen molar-refractivity contribution in [1.29, 1.82) is 0 Å². The first kappa shape index (κ1) is 17.0. The highest BCUT2D eigenvalue weighted by atomic mass is 32.2. The zero-order chi connectivity index (χ0) is 17.2. The van der Waals surface area contributed by atoms with Crippen LogP contribution in [0.25, 0.3) is 0 Å². The normalized spacial score (nSPS) is 14.9. The second-order valence-corrected chi connectivity index (χ2v) is 7.57. The van der Waals surface area contributed by atoms with Crippen LogP contribution in [0.2, 0.25) is 0 Å². The Bertz CT molecular complexity index is 833. The van der Waals surface area contributed by atoms with Gasteiger partial charge in [-0.05, 0) is 41.8 Å². The third kappa shape index (κ3) is 3.45. The van der Waals surface area contributed by atoms with Gasteiger partial charge in [-0.1, -0.05) is 24.3 Å². The predicted octanol–water partition coefficient (Wildman–Crippen LogP) is 2.60. The number of nitrogens with one attached hydrogen (secondary N) is 1. The monoisotopic (exact) mass is 347 g/mol. The minimum atomic E-state index is -3.59. The SMILES string of the molecule is COC(CNS(=O)(=O)c1ccc2c(c1)CCO2)c1ccccc1C. The van der Waals surface area contributed by atoms with E-state index in [-0.39, 0.29) is 17.5 Å². The van der Waals surface area contributed by atoms with Crippen LogP contribution in [0.5, 0.6) is 5.75 Å². The second kappa shape index (κ2) is 6.93. The van der Waals surface area contributed by atoms with Gasteiger partial charge in [0, 0.05) is 20.1 Å². The number of benzene rings is 2. The molecule has 1 aliphatic rings. The van der Waals surface area contributed by atoms with E-state index in [0.717, 1.165) is 28.9 Å². The van der Waals surface area contributed by atoms with Gasteiger partial charge in [-0.15, -0.1) is 0 Å². The smallest absolute Gasteiger partial charge is 0.240 e. The second-order valence-electron chi connectivity index (χ2n) is 5.80. The fourth-order valence-corrected chi connectivity index (χ4v) is 3.95. The Hall–Kier alpha value is -1.89. The fourth-order valence-electron chi connectivity index (χ4n) is 2.87. The van der Waals surface area contributed by atoms with Crippen molar-refractivity contribution in [3.05, 3.63) is 59.2 Å². The molecule has 0 saturated carbocycles. The number of rotatable bonds is 6. The minimum Gasteiger partial charge on any atom is -0.493 e. The average molecular weight is 347 g/mol. The quantitative estimate of drug-likeness (QED) is 0.872. The predicted molar refractivity (Wildman–Crippen MR) is 91.8 cm³/mol. The molecule has 0 fully saturated rings. The van der Waals surface area contributed by atoms with E-state index in [2.05, 4.69) is 4.72 Å². The van der Waals surface area contributed by atoms with Gasteiger partial charge in [-0.3, -0.25) is 0 Å². The Morgan fingerprint density at radius 2 is 2.04 bits per heavy atom. The topological polar surface area (TPSA) is 64.6 Å². The van der Waals surface area contributed by atoms with Crippen molar-refractivity contribution in [2.24, 2.45) is 0 Å². The molecule has 5 nitrogen and oxygen atoms in total. The molecule has 3 rings (SSSR count). The maximum atomic E-state index is 12.6. The molecule has 0 saturated heterocycles. The van der Waals surface area contributed by atoms with Crippen molar-refractivity contribution in [3.8, 4) is 5.75 Å². The zero-order valence-electron chi connectivity index (χ0n) is 13.8. The molecule has 6 heteroatoms. The summed E-state index contributed by atoms with van der Waals surface area (Å²) in [5.41, 5.74) is 2.98. The Morgan fingerprint density at radius 3 is 2.79 bits per heavy atom. The molecule has 1 heterocycles. The summed E-state index contributed by atoms with van der Waals surface area (Å²) >= 11 is 0. The van der Waals surface area contributed by atoms with Gasteiger partial charge in [0.2, 0.25) is 10.0 Å². The van der Waals surface area contributed by atoms with Crippen molar-refractivity contribution in [2.75, 3.05) is 20.3 Å². The molecule has 2 aromatic rings. The lowest BCUT2D eigenvalue weighted by atomic mass is 10.0. The highest BCUT2D eigenvalue weighted by Gasteiger charge is 2.21. The summed E-state index contributed by atoms with van der Waals surface area (Å²) in [7, 11) is -2.01. The van der Waals surface area contributed by atoms with Crippen LogP contribution < -0.4 is 9.46 Å². The number of aryl methyl sites for hydroxylation is 1. The summed E-state index contributed by atoms with van der Waals surface area (Å²) in [5.74, 6) is 0.767. The van der Waals surface area contributed by atoms with Crippen molar-refractivity contribution >= 4 is 10.0 Å². The summed E-state index contributed by atoms with van der Waals surface area (Å²) < 4.78 is 38.7. The van der Waals surface area contributed by atoms with Gasteiger partial charge in [0.15, 0.2) is 0 Å². The number of ether oxygens (including phenoxy) is 2. The van der Waals surface area contributed by atoms with Gasteiger partial charge in [-0.2, -0.15) is 0 Å². The molecular formula is C18H21NO4S. The van der Waals surface area contributed by atoms with Crippen LogP contribution in [-0.4, -0.2) is 28.7 Å². The summed E-state index contributed by atoms with van der Waals surface area (Å²) in [4.78, 5) is 0.256. The first-order valence-corrected chi connectivity index (χ1v) is 9.33. The van der Waals surface area contributed by atoms with E-state index in [1.807, 2.05) is 31.2 Å². The van der Waals surface area contributed by atoms with Crippen LogP contribution >= 0.6 is 0 Å². The molecule has 0 amide bonds. The molecule has 1 atom stereocenters. The third-order valence-corrected chi connectivity index (χ3v) is 5.67. The van der Waals surface area contributed by atoms with Crippen LogP contribution in [0.1, 0.15) is 22.8 Å². The maximum Gasteiger partial charge on any atom is 0.240 e. The number of fused-ring (bicyclic) bond motifs is 1. The lowest BCUT2D eigenvalue weighted by molar-refractivity contribution is 0.107. The minimum absolute atomic E-state index is 0.178. The maximum absolute atomic E-state index is 12.6. The van der Waals surface area contributed by atoms with Crippen molar-refractivity contribution in [2.45, 2.75) is 24.3 Å². The molecule has 1 aliphatic heterocycles. The van der Waals surface area contributed by atoms with E-state index in [0.29, 0.717) is 6.61 Å². The molecule has 24 heavy (non-hydrogen) atoms. The van der Waals surface area contributed by atoms with E-state index < -0.39 is 10.0 Å². The average Bonchev–Trinajstić information content (AvgIpc) is 3.04. The van der Waals surface area contributed by atoms with Crippen molar-refractivity contribution < 1.29 is 17.9 Å². The zero-order valence-corrected chi connectivity index (χ0v) is 14.6. The van der Waals surface area contributed by atoms with Gasteiger partial charge in [0.05, 0.1) is 17.6 Å². The highest BCUT2D eigenvalue weighted by Crippen LogP contribution is 2.28. The first-order chi connectivity index (χ1) is 11.5. The van der Waals surface area contributed by atoms with Gasteiger partial charge in [-0.25, -0.2) is 13.1 Å². The molecule has 2 aromatic carbocycles. The molecule has 0 aromatic heterocycles. The molecular weight excluding hydrogens is 326 g/mol. The van der Waals surface area contributed by atoms with E-state index in [1.165, 1.54) is 0 Å². The van der Waals surface area contributed by atoms with Crippen LogP contribution in [0, 0.1) is 6.92 Å². The third-order valence-electron chi connectivity index (χ3n) is 4.25. The Labute approximate surface area is 142 Å². The highest BCUT2D eigenvalue weighted by molar-refractivity contribution is 7.89. The van der Waals surface area contributed by atoms with Crippen LogP contribution in [-0.2, 0) is 21.2 Å². The number of hydrogen-bond donors (Lipinski definition) is 1. The number of hydrogen-bond acceptors (Lipinski definition) is 4. The van der Waals surface area contributed by atoms with E-state index in [9.17, 15) is 8.42 Å². The van der Waals surface area contributed by atoms with Gasteiger partial charge in [0.25, 0.3) is 0 Å². The lowest BCUT2D eigenvalue weighted by Gasteiger charge is -2.18. The van der Waals surface area contributed by atoms with Crippen molar-refractivity contribution in [3.63, 3.8) is 0 Å². The molecule has 128 valence electrons. The summed E-state index contributed by atoms with van der Waals surface area (Å²) in [6.45, 7) is 2.76. The summed E-state index contributed by atoms with van der Waals surface area (Å²) in [5, 5.41) is 0. The fraction of sp³-hybridized carbons (Fsp3) is 0.333. The standard InChI is InChI=1S/C18H21NO4S/c1-13-5-3-4-6-16(13)18(22-2)12-19-24(20,21)15-7-8-17-14(11-15)9-10-23-17/h3-8,11,18-19H,9-10,12H2,1-2H3. The molecule has 1 N–H and O–H groups in total. The Morgan fingerprint density at radius 1 is 1.25 bits per heavy atom. The van der Waals surface area contributed by atoms with E-state index in [4.69, 9.17) is 9.47 Å². The van der Waals surface area contributed by atoms with E-state index in [1.54, 1.807) is 25.3 Å². The van der Waals surface area contributed by atoms with Crippen LogP contribution in [0.3, 0.4) is 0 Å². The molecule has 1 unspecified atom stereocenters. The van der Waals surface area contributed by atoms with Gasteiger partial charge in [0.1, 0.15) is 5.75 Å². The molecule has 0 spiro atoms. The summed E-state index contributed by atoms with van der Waals surface area (Å²) in [6.07, 6.45) is 0.404. The largest absolute Gasteiger partial charge is 0.493 e. The Balaban J connectivity index is 1.76. The van der Waals surface area contributed by atoms with Crippen LogP contribution in [0.4, 0.5) is 0 Å². The molecule has 0 bridgehead atoms. The van der Waals surface area contributed by atoms with Crippen LogP contribution in [0.15, 0.2) is 47.4 Å². The van der Waals surface area contributed by atoms with Gasteiger partial charge >= 0.3 is 0 Å². The Kier molecular flexibility index (Phi) is 4.89. The number of methoxy groups -OCH3 is 1. The molecule has 0 aliphatic carbocycles. The first-order valence-electron chi connectivity index (χ1n) is 7.85. The summed E-state index contributed by atoms with van der Waals surface area (Å²) in [6, 6.07) is 12.8. The van der Waals surface area contributed by atoms with E-state index >= 15 is 0 Å². The van der Waals surface area contributed by atoms with Gasteiger partial charge < -0.3 is 9.47 Å². The molecule has 0 radical (unpaired) electrons. The van der Waals surface area contributed by atoms with Crippen molar-refractivity contribution in [1.82, 2.24) is 4.72 Å². The lowest BCUT2D eigenvalue weighted by Crippen LogP contribution is -2.29. The number of sulfonamides is 1.